The number of imidazole rings is 1. The van der Waals surface area contributed by atoms with Crippen molar-refractivity contribution in [3.05, 3.63) is 17.7 Å². The van der Waals surface area contributed by atoms with Crippen molar-refractivity contribution in [2.24, 2.45) is 0 Å². The van der Waals surface area contributed by atoms with Gasteiger partial charge in [0.1, 0.15) is 0 Å². The number of carbonyl (C=O) groups is 1. The first kappa shape index (κ1) is 16.5. The van der Waals surface area contributed by atoms with E-state index in [1.54, 1.807) is 7.11 Å². The van der Waals surface area contributed by atoms with Crippen molar-refractivity contribution < 1.29 is 9.53 Å². The van der Waals surface area contributed by atoms with Crippen molar-refractivity contribution in [2.45, 2.75) is 44.6 Å². The molecule has 6 nitrogen and oxygen atoms in total. The van der Waals surface area contributed by atoms with E-state index in [9.17, 15) is 4.79 Å². The third kappa shape index (κ3) is 4.12. The number of methoxy groups -OCH3 is 1. The number of aryl methyl sites for hydroxylation is 1. The van der Waals surface area contributed by atoms with Gasteiger partial charge in [0.05, 0.1) is 18.6 Å². The number of hydrogen-bond donors (Lipinski definition) is 1. The minimum absolute atomic E-state index is 0.120. The van der Waals surface area contributed by atoms with Crippen LogP contribution in [0.4, 0.5) is 0 Å². The normalized spacial score (nSPS) is 21.3. The first-order valence-electron chi connectivity index (χ1n) is 8.80. The number of nitrogens with one attached hydrogen (secondary N) is 1. The van der Waals surface area contributed by atoms with E-state index in [0.29, 0.717) is 25.7 Å². The molecule has 0 bridgehead atoms. The number of carbonyl (C=O) groups excluding carboxylic acids is 1. The van der Waals surface area contributed by atoms with Crippen molar-refractivity contribution in [1.82, 2.24) is 19.8 Å². The minimum Gasteiger partial charge on any atom is -0.385 e. The lowest BCUT2D eigenvalue weighted by molar-refractivity contribution is -0.122. The summed E-state index contributed by atoms with van der Waals surface area (Å²) in [5.41, 5.74) is 2.73. The second-order valence-electron chi connectivity index (χ2n) is 6.63. The molecule has 1 aliphatic carbocycles. The molecular weight excluding hydrogens is 292 g/mol. The predicted molar refractivity (Wildman–Crippen MR) is 88.5 cm³/mol. The standard InChI is InChI=1S/C17H28N4O2/c1-23-10-4-8-18-17(22)12-20-9-7-14(11-20)21-13-19-15-5-2-3-6-16(15)21/h13-14H,2-12H2,1H3,(H,18,22). The van der Waals surface area contributed by atoms with Gasteiger partial charge in [0, 0.05) is 45.1 Å². The van der Waals surface area contributed by atoms with Gasteiger partial charge in [-0.1, -0.05) is 0 Å². The number of fused-ring (bicyclic) bond motifs is 1. The van der Waals surface area contributed by atoms with Gasteiger partial charge in [0.15, 0.2) is 0 Å². The smallest absolute Gasteiger partial charge is 0.234 e. The van der Waals surface area contributed by atoms with E-state index in [1.807, 2.05) is 6.33 Å². The first-order chi connectivity index (χ1) is 11.3. The second-order valence-corrected chi connectivity index (χ2v) is 6.63. The molecule has 1 fully saturated rings. The first-order valence-corrected chi connectivity index (χ1v) is 8.80. The van der Waals surface area contributed by atoms with Gasteiger partial charge in [0.25, 0.3) is 0 Å². The van der Waals surface area contributed by atoms with Gasteiger partial charge in [-0.15, -0.1) is 0 Å². The van der Waals surface area contributed by atoms with Crippen LogP contribution in [0.1, 0.15) is 43.1 Å². The van der Waals surface area contributed by atoms with Crippen LogP contribution in [0.2, 0.25) is 0 Å². The monoisotopic (exact) mass is 320 g/mol. The van der Waals surface area contributed by atoms with E-state index in [-0.39, 0.29) is 5.91 Å². The Kier molecular flexibility index (Phi) is 5.67. The summed E-state index contributed by atoms with van der Waals surface area (Å²) in [7, 11) is 1.68. The van der Waals surface area contributed by atoms with Gasteiger partial charge in [-0.25, -0.2) is 4.98 Å². The quantitative estimate of drug-likeness (QED) is 0.766. The van der Waals surface area contributed by atoms with Crippen molar-refractivity contribution in [1.29, 1.82) is 0 Å². The minimum atomic E-state index is 0.120. The van der Waals surface area contributed by atoms with Gasteiger partial charge >= 0.3 is 0 Å². The molecular formula is C17H28N4O2. The molecule has 128 valence electrons. The fourth-order valence-corrected chi connectivity index (χ4v) is 3.69. The lowest BCUT2D eigenvalue weighted by Crippen LogP contribution is -2.36. The fraction of sp³-hybridized carbons (Fsp3) is 0.765. The zero-order valence-corrected chi connectivity index (χ0v) is 14.1. The molecule has 1 N–H and O–H groups in total. The van der Waals surface area contributed by atoms with Gasteiger partial charge in [-0.3, -0.25) is 9.69 Å². The number of hydrogen-bond acceptors (Lipinski definition) is 4. The third-order valence-electron chi connectivity index (χ3n) is 4.92. The highest BCUT2D eigenvalue weighted by atomic mass is 16.5. The SMILES string of the molecule is COCCCNC(=O)CN1CCC(n2cnc3c2CCCC3)C1. The largest absolute Gasteiger partial charge is 0.385 e. The Labute approximate surface area is 138 Å². The molecule has 0 spiro atoms. The molecule has 1 amide bonds. The van der Waals surface area contributed by atoms with Gasteiger partial charge < -0.3 is 14.6 Å². The Hall–Kier alpha value is -1.40. The Morgan fingerprint density at radius 2 is 2.30 bits per heavy atom. The summed E-state index contributed by atoms with van der Waals surface area (Å²) in [4.78, 5) is 18.8. The van der Waals surface area contributed by atoms with Gasteiger partial charge in [-0.05, 0) is 38.5 Å². The molecule has 1 saturated heterocycles. The summed E-state index contributed by atoms with van der Waals surface area (Å²) in [6, 6.07) is 0.477. The second kappa shape index (κ2) is 7.93. The van der Waals surface area contributed by atoms with Crippen molar-refractivity contribution in [3.63, 3.8) is 0 Å². The van der Waals surface area contributed by atoms with Crippen molar-refractivity contribution in [3.8, 4) is 0 Å². The Morgan fingerprint density at radius 1 is 1.43 bits per heavy atom. The summed E-state index contributed by atoms with van der Waals surface area (Å²) in [6.07, 6.45) is 8.83. The highest BCUT2D eigenvalue weighted by Crippen LogP contribution is 2.27. The molecule has 3 rings (SSSR count). The van der Waals surface area contributed by atoms with Crippen LogP contribution >= 0.6 is 0 Å². The van der Waals surface area contributed by atoms with Crippen molar-refractivity contribution >= 4 is 5.91 Å². The van der Waals surface area contributed by atoms with Crippen LogP contribution < -0.4 is 5.32 Å². The lowest BCUT2D eigenvalue weighted by Gasteiger charge is -2.20. The highest BCUT2D eigenvalue weighted by Gasteiger charge is 2.28. The van der Waals surface area contributed by atoms with Crippen LogP contribution in [0.3, 0.4) is 0 Å². The molecule has 2 aliphatic rings. The van der Waals surface area contributed by atoms with E-state index < -0.39 is 0 Å². The number of aromatic nitrogens is 2. The Morgan fingerprint density at radius 3 is 3.17 bits per heavy atom. The number of ether oxygens (including phenoxy) is 1. The number of amides is 1. The molecule has 1 unspecified atom stereocenters. The molecule has 0 aromatic carbocycles. The molecule has 0 saturated carbocycles. The molecule has 1 aliphatic heterocycles. The van der Waals surface area contributed by atoms with E-state index in [1.165, 1.54) is 24.2 Å². The maximum absolute atomic E-state index is 12.0. The topological polar surface area (TPSA) is 59.4 Å². The van der Waals surface area contributed by atoms with Crippen LogP contribution in [0.25, 0.3) is 0 Å². The van der Waals surface area contributed by atoms with Gasteiger partial charge in [-0.2, -0.15) is 0 Å². The molecule has 1 atom stereocenters. The summed E-state index contributed by atoms with van der Waals surface area (Å²) in [5, 5.41) is 2.96. The Bertz CT molecular complexity index is 529. The van der Waals surface area contributed by atoms with E-state index >= 15 is 0 Å². The summed E-state index contributed by atoms with van der Waals surface area (Å²) < 4.78 is 7.37. The predicted octanol–water partition coefficient (Wildman–Crippen LogP) is 1.16. The van der Waals surface area contributed by atoms with Gasteiger partial charge in [0.2, 0.25) is 5.91 Å². The van der Waals surface area contributed by atoms with Crippen LogP contribution in [0.5, 0.6) is 0 Å². The van der Waals surface area contributed by atoms with Crippen LogP contribution in [0.15, 0.2) is 6.33 Å². The van der Waals surface area contributed by atoms with E-state index in [4.69, 9.17) is 4.74 Å². The number of rotatable bonds is 7. The highest BCUT2D eigenvalue weighted by molar-refractivity contribution is 5.78. The zero-order valence-electron chi connectivity index (χ0n) is 14.1. The maximum Gasteiger partial charge on any atom is 0.234 e. The number of nitrogens with zero attached hydrogens (tertiary/aromatic N) is 3. The summed E-state index contributed by atoms with van der Waals surface area (Å²) >= 11 is 0. The maximum atomic E-state index is 12.0. The fourth-order valence-electron chi connectivity index (χ4n) is 3.69. The summed E-state index contributed by atoms with van der Waals surface area (Å²) in [6.45, 7) is 3.83. The average molecular weight is 320 g/mol. The Balaban J connectivity index is 1.47. The van der Waals surface area contributed by atoms with Crippen LogP contribution in [-0.2, 0) is 22.4 Å². The molecule has 6 heteroatoms. The van der Waals surface area contributed by atoms with E-state index in [2.05, 4.69) is 19.8 Å². The van der Waals surface area contributed by atoms with Crippen molar-refractivity contribution in [2.75, 3.05) is 39.9 Å². The summed E-state index contributed by atoms with van der Waals surface area (Å²) in [5.74, 6) is 0.120. The lowest BCUT2D eigenvalue weighted by atomic mass is 10.0. The zero-order chi connectivity index (χ0) is 16.1. The number of likely N-dealkylation sites (tertiary alicyclic amines) is 1. The molecule has 23 heavy (non-hydrogen) atoms. The average Bonchev–Trinajstić information content (AvgIpc) is 3.18. The van der Waals surface area contributed by atoms with E-state index in [0.717, 1.165) is 38.8 Å². The third-order valence-corrected chi connectivity index (χ3v) is 4.92. The molecule has 2 heterocycles. The molecule has 1 aromatic rings. The molecule has 0 radical (unpaired) electrons. The van der Waals surface area contributed by atoms with Crippen LogP contribution in [0, 0.1) is 0 Å². The molecule has 1 aromatic heterocycles. The van der Waals surface area contributed by atoms with Crippen LogP contribution in [-0.4, -0.2) is 60.3 Å².